The van der Waals surface area contributed by atoms with Gasteiger partial charge in [0.1, 0.15) is 0 Å². The molecule has 0 spiro atoms. The second kappa shape index (κ2) is 7.20. The summed E-state index contributed by atoms with van der Waals surface area (Å²) in [4.78, 5) is 7.51. The van der Waals surface area contributed by atoms with Crippen LogP contribution in [0.25, 0.3) is 16.1 Å². The van der Waals surface area contributed by atoms with Crippen LogP contribution in [0.2, 0.25) is 0 Å². The fourth-order valence-electron chi connectivity index (χ4n) is 3.69. The molecule has 2 aromatic heterocycles. The van der Waals surface area contributed by atoms with E-state index in [1.807, 2.05) is 46.2 Å². The molecule has 3 aromatic rings. The molecule has 0 unspecified atom stereocenters. The van der Waals surface area contributed by atoms with Crippen LogP contribution in [0.5, 0.6) is 0 Å². The molecule has 3 nitrogen and oxygen atoms in total. The van der Waals surface area contributed by atoms with E-state index in [2.05, 4.69) is 29.5 Å². The molecule has 2 aliphatic rings. The van der Waals surface area contributed by atoms with Crippen molar-refractivity contribution in [3.8, 4) is 16.1 Å². The highest BCUT2D eigenvalue weighted by atomic mass is 32.2. The average molecular weight is 382 g/mol. The van der Waals surface area contributed by atoms with Crippen molar-refractivity contribution in [3.63, 3.8) is 0 Å². The Morgan fingerprint density at radius 3 is 2.73 bits per heavy atom. The van der Waals surface area contributed by atoms with Gasteiger partial charge >= 0.3 is 0 Å². The number of thioether (sulfide) groups is 1. The number of aromatic nitrogens is 3. The Bertz CT molecular complexity index is 875. The highest BCUT2D eigenvalue weighted by molar-refractivity contribution is 8.00. The van der Waals surface area contributed by atoms with Gasteiger partial charge in [0.2, 0.25) is 0 Å². The Hall–Kier alpha value is -1.59. The Morgan fingerprint density at radius 1 is 1.08 bits per heavy atom. The van der Waals surface area contributed by atoms with Crippen molar-refractivity contribution >= 4 is 23.1 Å². The zero-order valence-corrected chi connectivity index (χ0v) is 16.4. The first-order chi connectivity index (χ1) is 12.9. The molecule has 1 aromatic carbocycles. The van der Waals surface area contributed by atoms with Crippen LogP contribution in [-0.2, 0) is 0 Å². The monoisotopic (exact) mass is 381 g/mol. The number of benzene rings is 1. The Morgan fingerprint density at radius 2 is 1.96 bits per heavy atom. The predicted octanol–water partition coefficient (Wildman–Crippen LogP) is 6.30. The fourth-order valence-corrected chi connectivity index (χ4v) is 6.11. The van der Waals surface area contributed by atoms with E-state index in [1.165, 1.54) is 65.3 Å². The van der Waals surface area contributed by atoms with Crippen molar-refractivity contribution in [2.75, 3.05) is 0 Å². The van der Waals surface area contributed by atoms with E-state index in [1.54, 1.807) is 0 Å². The molecule has 0 saturated heterocycles. The summed E-state index contributed by atoms with van der Waals surface area (Å²) in [5.74, 6) is 0.686. The minimum absolute atomic E-state index is 0.686. The van der Waals surface area contributed by atoms with Crippen molar-refractivity contribution in [3.05, 3.63) is 47.9 Å². The molecular weight excluding hydrogens is 358 g/mol. The minimum atomic E-state index is 0.686. The second-order valence-electron chi connectivity index (χ2n) is 7.35. The molecule has 5 rings (SSSR count). The molecule has 0 N–H and O–H groups in total. The molecule has 2 aliphatic carbocycles. The molecule has 26 heavy (non-hydrogen) atoms. The highest BCUT2D eigenvalue weighted by Gasteiger charge is 2.25. The lowest BCUT2D eigenvalue weighted by Crippen LogP contribution is -2.03. The van der Waals surface area contributed by atoms with Gasteiger partial charge in [-0.3, -0.25) is 0 Å². The summed E-state index contributed by atoms with van der Waals surface area (Å²) in [5.41, 5.74) is 2.48. The zero-order valence-electron chi connectivity index (χ0n) is 14.8. The molecule has 2 saturated carbocycles. The maximum Gasteiger partial charge on any atom is 0.0962 e. The molecule has 0 radical (unpaired) electrons. The van der Waals surface area contributed by atoms with E-state index in [4.69, 9.17) is 4.98 Å². The van der Waals surface area contributed by atoms with Gasteiger partial charge in [0.15, 0.2) is 0 Å². The molecule has 0 amide bonds. The SMILES string of the molecule is c1cnn(-c2ccc(-c3cnc(C4CCCCC4)s3)c(SC3CC3)c2)c1. The second-order valence-corrected chi connectivity index (χ2v) is 9.75. The zero-order chi connectivity index (χ0) is 17.3. The van der Waals surface area contributed by atoms with Gasteiger partial charge in [-0.25, -0.2) is 9.67 Å². The first-order valence-corrected chi connectivity index (χ1v) is 11.3. The standard InChI is InChI=1S/C21H23N3S2/c1-2-5-15(6-3-1)21-22-14-20(26-21)18-10-7-16(24-12-4-11-23-24)13-19(18)25-17-8-9-17/h4,7,10-15,17H,1-3,5-6,8-9H2. The largest absolute Gasteiger partial charge is 0.249 e. The van der Waals surface area contributed by atoms with Gasteiger partial charge in [-0.05, 0) is 43.9 Å². The lowest BCUT2D eigenvalue weighted by atomic mass is 9.90. The molecule has 5 heteroatoms. The molecule has 2 heterocycles. The summed E-state index contributed by atoms with van der Waals surface area (Å²) in [7, 11) is 0. The van der Waals surface area contributed by atoms with Crippen LogP contribution in [0.3, 0.4) is 0 Å². The lowest BCUT2D eigenvalue weighted by Gasteiger charge is -2.18. The van der Waals surface area contributed by atoms with Crippen molar-refractivity contribution in [1.29, 1.82) is 0 Å². The minimum Gasteiger partial charge on any atom is -0.249 e. The maximum absolute atomic E-state index is 4.82. The first-order valence-electron chi connectivity index (χ1n) is 9.63. The van der Waals surface area contributed by atoms with Gasteiger partial charge in [-0.15, -0.1) is 23.1 Å². The molecule has 134 valence electrons. The lowest BCUT2D eigenvalue weighted by molar-refractivity contribution is 0.442. The summed E-state index contributed by atoms with van der Waals surface area (Å²) in [6.07, 6.45) is 15.4. The topological polar surface area (TPSA) is 30.7 Å². The van der Waals surface area contributed by atoms with Crippen LogP contribution in [0, 0.1) is 0 Å². The van der Waals surface area contributed by atoms with E-state index in [0.29, 0.717) is 5.92 Å². The normalized spacial score (nSPS) is 18.3. The summed E-state index contributed by atoms with van der Waals surface area (Å²) < 4.78 is 1.95. The van der Waals surface area contributed by atoms with Crippen molar-refractivity contribution < 1.29 is 0 Å². The van der Waals surface area contributed by atoms with Crippen LogP contribution in [0.1, 0.15) is 55.9 Å². The van der Waals surface area contributed by atoms with E-state index in [9.17, 15) is 0 Å². The van der Waals surface area contributed by atoms with Crippen LogP contribution >= 0.6 is 23.1 Å². The predicted molar refractivity (Wildman–Crippen MR) is 109 cm³/mol. The third-order valence-electron chi connectivity index (χ3n) is 5.30. The number of hydrogen-bond donors (Lipinski definition) is 0. The number of nitrogens with zero attached hydrogens (tertiary/aromatic N) is 3. The van der Waals surface area contributed by atoms with Gasteiger partial charge in [-0.2, -0.15) is 5.10 Å². The molecule has 0 bridgehead atoms. The van der Waals surface area contributed by atoms with Crippen molar-refractivity contribution in [1.82, 2.24) is 14.8 Å². The van der Waals surface area contributed by atoms with Crippen LogP contribution in [0.4, 0.5) is 0 Å². The average Bonchev–Trinajstić information content (AvgIpc) is 3.16. The van der Waals surface area contributed by atoms with Gasteiger partial charge in [0.05, 0.1) is 15.6 Å². The van der Waals surface area contributed by atoms with Crippen LogP contribution in [-0.4, -0.2) is 20.0 Å². The maximum atomic E-state index is 4.82. The number of rotatable bonds is 5. The van der Waals surface area contributed by atoms with Gasteiger partial charge in [0.25, 0.3) is 0 Å². The Balaban J connectivity index is 1.48. The third-order valence-corrected chi connectivity index (χ3v) is 7.89. The van der Waals surface area contributed by atoms with E-state index >= 15 is 0 Å². The summed E-state index contributed by atoms with van der Waals surface area (Å²) in [6, 6.07) is 8.71. The molecular formula is C21H23N3S2. The van der Waals surface area contributed by atoms with E-state index < -0.39 is 0 Å². The summed E-state index contributed by atoms with van der Waals surface area (Å²) in [6.45, 7) is 0. The smallest absolute Gasteiger partial charge is 0.0962 e. The van der Waals surface area contributed by atoms with Gasteiger partial charge < -0.3 is 0 Å². The Labute approximate surface area is 162 Å². The van der Waals surface area contributed by atoms with Crippen molar-refractivity contribution in [2.24, 2.45) is 0 Å². The van der Waals surface area contributed by atoms with Gasteiger partial charge in [0, 0.05) is 40.2 Å². The van der Waals surface area contributed by atoms with Crippen molar-refractivity contribution in [2.45, 2.75) is 61.0 Å². The molecule has 0 aliphatic heterocycles. The molecule has 2 fully saturated rings. The fraction of sp³-hybridized carbons (Fsp3) is 0.429. The third kappa shape index (κ3) is 3.47. The van der Waals surface area contributed by atoms with E-state index in [0.717, 1.165) is 10.9 Å². The quantitative estimate of drug-likeness (QED) is 0.520. The molecule has 0 atom stereocenters. The summed E-state index contributed by atoms with van der Waals surface area (Å²) >= 11 is 3.94. The van der Waals surface area contributed by atoms with Crippen LogP contribution in [0.15, 0.2) is 47.8 Å². The first kappa shape index (κ1) is 16.6. The number of thiazole rings is 1. The Kier molecular flexibility index (Phi) is 4.59. The highest BCUT2D eigenvalue weighted by Crippen LogP contribution is 2.45. The number of hydrogen-bond acceptors (Lipinski definition) is 4. The summed E-state index contributed by atoms with van der Waals surface area (Å²) in [5, 5.41) is 6.52. The van der Waals surface area contributed by atoms with E-state index in [-0.39, 0.29) is 0 Å². The van der Waals surface area contributed by atoms with Gasteiger partial charge in [-0.1, -0.05) is 25.3 Å². The van der Waals surface area contributed by atoms with Crippen LogP contribution < -0.4 is 0 Å².